The predicted octanol–water partition coefficient (Wildman–Crippen LogP) is 2.53. The number of nitrogens with one attached hydrogen (secondary N) is 3. The molecule has 4 aliphatic rings. The lowest BCUT2D eigenvalue weighted by Crippen LogP contribution is -2.59. The summed E-state index contributed by atoms with van der Waals surface area (Å²) in [6.07, 6.45) is 0.130. The van der Waals surface area contributed by atoms with E-state index in [1.54, 1.807) is 32.2 Å². The Bertz CT molecular complexity index is 1650. The summed E-state index contributed by atoms with van der Waals surface area (Å²) in [4.78, 5) is 51.2. The molecule has 13 nitrogen and oxygen atoms in total. The van der Waals surface area contributed by atoms with Gasteiger partial charge >= 0.3 is 0 Å². The number of hydrogen-bond donors (Lipinski definition) is 5. The number of ether oxygens (including phenoxy) is 1. The number of fused-ring (bicyclic) bond motifs is 2. The van der Waals surface area contributed by atoms with Crippen molar-refractivity contribution >= 4 is 17.7 Å². The zero-order valence-corrected chi connectivity index (χ0v) is 33.1. The first-order valence-electron chi connectivity index (χ1n) is 19.0. The second kappa shape index (κ2) is 17.3. The van der Waals surface area contributed by atoms with Crippen LogP contribution >= 0.6 is 0 Å². The maximum absolute atomic E-state index is 14.2. The fourth-order valence-corrected chi connectivity index (χ4v) is 8.39. The van der Waals surface area contributed by atoms with E-state index in [0.29, 0.717) is 71.6 Å². The Hall–Kier alpha value is -3.85. The maximum Gasteiger partial charge on any atom is 0.251 e. The molecule has 0 spiro atoms. The fourth-order valence-electron chi connectivity index (χ4n) is 8.39. The first-order chi connectivity index (χ1) is 25.6. The third kappa shape index (κ3) is 8.82. The number of methoxy groups -OCH3 is 1. The van der Waals surface area contributed by atoms with Crippen LogP contribution in [0.2, 0.25) is 0 Å². The normalized spacial score (nSPS) is 25.3. The summed E-state index contributed by atoms with van der Waals surface area (Å²) in [6, 6.07) is 9.52. The molecule has 0 radical (unpaired) electrons. The maximum atomic E-state index is 14.2. The summed E-state index contributed by atoms with van der Waals surface area (Å²) >= 11 is 0. The summed E-state index contributed by atoms with van der Waals surface area (Å²) in [5.74, 6) is -0.319. The number of para-hydroxylation sites is 1. The minimum atomic E-state index is -0.952. The smallest absolute Gasteiger partial charge is 0.251 e. The van der Waals surface area contributed by atoms with Crippen LogP contribution in [0.25, 0.3) is 11.1 Å². The standard InChI is InChI=1S/C41H60N6O7/c1-24-32-20-30(41(32,3)4)21-33(24)44-40(52)36-35(25(2)49)34(23-48)54-47(36)22-26-11-10-12-31(37(26)53-9)27-17-28(38(50)42-13-15-45(5)6)19-29(18-27)39(51)43-14-16-46(7)8/h10-12,17-19,25,30,32-36,48-49H,1,13-16,20-23H2,2-9H3,(H,42,50)(H,43,51)(H,44,52)/t25-,30+,32-,33-,34-,35-,36-/m0/s1. The Morgan fingerprint density at radius 3 is 2.13 bits per heavy atom. The van der Waals surface area contributed by atoms with E-state index in [1.165, 1.54) is 5.06 Å². The SMILES string of the molecule is C=C1[C@@H](NC(=O)[C@@H]2[C@@H]([C@H](C)O)[C@H](CO)ON2Cc2cccc(-c3cc(C(=O)NCCN(C)C)cc(C(=O)NCCN(C)C)c3)c2OC)C[C@H]2C[C@@H]1C2(C)C. The van der Waals surface area contributed by atoms with E-state index in [-0.39, 0.29) is 42.3 Å². The van der Waals surface area contributed by atoms with Gasteiger partial charge in [-0.3, -0.25) is 19.2 Å². The highest BCUT2D eigenvalue weighted by Crippen LogP contribution is 2.60. The number of hydroxylamine groups is 2. The van der Waals surface area contributed by atoms with Gasteiger partial charge in [0.15, 0.2) is 0 Å². The molecule has 3 amide bonds. The topological polar surface area (TPSA) is 156 Å². The third-order valence-electron chi connectivity index (χ3n) is 11.7. The molecule has 0 unspecified atom stereocenters. The lowest BCUT2D eigenvalue weighted by atomic mass is 9.46. The van der Waals surface area contributed by atoms with Gasteiger partial charge in [-0.1, -0.05) is 44.2 Å². The van der Waals surface area contributed by atoms with E-state index in [0.717, 1.165) is 18.4 Å². The average Bonchev–Trinajstić information content (AvgIpc) is 3.50. The first-order valence-corrected chi connectivity index (χ1v) is 19.0. The van der Waals surface area contributed by atoms with Crippen molar-refractivity contribution in [1.82, 2.24) is 30.8 Å². The van der Waals surface area contributed by atoms with E-state index in [4.69, 9.17) is 9.57 Å². The van der Waals surface area contributed by atoms with E-state index in [2.05, 4.69) is 36.4 Å². The van der Waals surface area contributed by atoms with E-state index in [9.17, 15) is 24.6 Å². The number of carbonyl (C=O) groups excluding carboxylic acids is 3. The molecule has 4 fully saturated rings. The molecular formula is C41H60N6O7. The quantitative estimate of drug-likeness (QED) is 0.162. The van der Waals surface area contributed by atoms with Crippen molar-refractivity contribution in [3.05, 3.63) is 65.2 Å². The first kappa shape index (κ1) is 41.3. The Morgan fingerprint density at radius 2 is 1.63 bits per heavy atom. The van der Waals surface area contributed by atoms with Crippen molar-refractivity contribution in [2.75, 3.05) is 68.1 Å². The average molecular weight is 749 g/mol. The molecule has 1 heterocycles. The molecule has 7 atom stereocenters. The highest BCUT2D eigenvalue weighted by molar-refractivity contribution is 6.01. The highest BCUT2D eigenvalue weighted by Gasteiger charge is 2.56. The molecule has 54 heavy (non-hydrogen) atoms. The molecule has 2 aromatic carbocycles. The molecule has 1 saturated heterocycles. The van der Waals surface area contributed by atoms with Gasteiger partial charge in [-0.2, -0.15) is 5.06 Å². The zero-order chi connectivity index (χ0) is 39.5. The second-order valence-corrected chi connectivity index (χ2v) is 16.3. The predicted molar refractivity (Wildman–Crippen MR) is 208 cm³/mol. The van der Waals surface area contributed by atoms with Crippen LogP contribution < -0.4 is 20.7 Å². The molecule has 1 aliphatic heterocycles. The Kier molecular flexibility index (Phi) is 13.2. The van der Waals surface area contributed by atoms with Crippen molar-refractivity contribution in [2.24, 2.45) is 23.2 Å². The van der Waals surface area contributed by atoms with E-state index in [1.807, 2.05) is 56.2 Å². The van der Waals surface area contributed by atoms with Crippen molar-refractivity contribution in [3.63, 3.8) is 0 Å². The van der Waals surface area contributed by atoms with Gasteiger partial charge in [-0.25, -0.2) is 0 Å². The van der Waals surface area contributed by atoms with Gasteiger partial charge in [0, 0.05) is 54.4 Å². The number of amides is 3. The molecule has 5 N–H and O–H groups in total. The Balaban J connectivity index is 1.46. The van der Waals surface area contributed by atoms with Crippen LogP contribution in [0.4, 0.5) is 0 Å². The number of carbonyl (C=O) groups is 3. The number of aliphatic hydroxyl groups excluding tert-OH is 2. The van der Waals surface area contributed by atoms with Gasteiger partial charge in [-0.05, 0) is 89.0 Å². The fraction of sp³-hybridized carbons (Fsp3) is 0.585. The van der Waals surface area contributed by atoms with Crippen LogP contribution in [0.1, 0.15) is 59.9 Å². The third-order valence-corrected chi connectivity index (χ3v) is 11.7. The zero-order valence-electron chi connectivity index (χ0n) is 33.1. The summed E-state index contributed by atoms with van der Waals surface area (Å²) in [6.45, 7) is 12.4. The number of likely N-dealkylation sites (N-methyl/N-ethyl adjacent to an activating group) is 2. The summed E-state index contributed by atoms with van der Waals surface area (Å²) in [5.41, 5.74) is 3.74. The van der Waals surface area contributed by atoms with Gasteiger partial charge in [0.25, 0.3) is 11.8 Å². The molecule has 3 saturated carbocycles. The van der Waals surface area contributed by atoms with Crippen molar-refractivity contribution in [2.45, 2.75) is 64.4 Å². The minimum absolute atomic E-state index is 0.0846. The monoisotopic (exact) mass is 748 g/mol. The lowest BCUT2D eigenvalue weighted by molar-refractivity contribution is -0.182. The van der Waals surface area contributed by atoms with Crippen LogP contribution in [0.15, 0.2) is 48.6 Å². The van der Waals surface area contributed by atoms with Gasteiger partial charge < -0.3 is 40.7 Å². The molecule has 13 heteroatoms. The van der Waals surface area contributed by atoms with Crippen LogP contribution in [0.5, 0.6) is 5.75 Å². The van der Waals surface area contributed by atoms with Crippen LogP contribution in [-0.2, 0) is 16.2 Å². The summed E-state index contributed by atoms with van der Waals surface area (Å²) in [7, 11) is 9.24. The summed E-state index contributed by atoms with van der Waals surface area (Å²) < 4.78 is 6.01. The minimum Gasteiger partial charge on any atom is -0.496 e. The summed E-state index contributed by atoms with van der Waals surface area (Å²) in [5, 5.41) is 31.9. The van der Waals surface area contributed by atoms with Gasteiger partial charge in [-0.15, -0.1) is 0 Å². The lowest BCUT2D eigenvalue weighted by Gasteiger charge is -2.60. The van der Waals surface area contributed by atoms with Crippen molar-refractivity contribution in [3.8, 4) is 16.9 Å². The van der Waals surface area contributed by atoms with Crippen molar-refractivity contribution in [1.29, 1.82) is 0 Å². The van der Waals surface area contributed by atoms with Crippen LogP contribution in [-0.4, -0.2) is 135 Å². The number of aliphatic hydroxyl groups is 2. The van der Waals surface area contributed by atoms with Crippen LogP contribution in [0, 0.1) is 23.2 Å². The molecule has 2 bridgehead atoms. The molecule has 0 aromatic heterocycles. The Labute approximate surface area is 320 Å². The highest BCUT2D eigenvalue weighted by atomic mass is 16.7. The number of hydrogen-bond acceptors (Lipinski definition) is 10. The van der Waals surface area contributed by atoms with Gasteiger partial charge in [0.05, 0.1) is 32.4 Å². The van der Waals surface area contributed by atoms with Crippen LogP contribution in [0.3, 0.4) is 0 Å². The number of nitrogens with zero attached hydrogens (tertiary/aromatic N) is 3. The largest absolute Gasteiger partial charge is 0.496 e. The van der Waals surface area contributed by atoms with Crippen molar-refractivity contribution < 1.29 is 34.2 Å². The van der Waals surface area contributed by atoms with E-state index < -0.39 is 24.2 Å². The molecule has 296 valence electrons. The van der Waals surface area contributed by atoms with E-state index >= 15 is 0 Å². The van der Waals surface area contributed by atoms with Gasteiger partial charge in [0.2, 0.25) is 5.91 Å². The molecule has 6 rings (SSSR count). The second-order valence-electron chi connectivity index (χ2n) is 16.3. The molecule has 3 aliphatic carbocycles. The molecule has 2 aromatic rings. The molecular weight excluding hydrogens is 688 g/mol. The number of benzene rings is 2. The Morgan fingerprint density at radius 1 is 1.02 bits per heavy atom. The number of rotatable bonds is 16. The van der Waals surface area contributed by atoms with Gasteiger partial charge in [0.1, 0.15) is 17.9 Å².